The van der Waals surface area contributed by atoms with Gasteiger partial charge in [0.05, 0.1) is 12.8 Å². The third-order valence-electron chi connectivity index (χ3n) is 3.29. The molecule has 0 aliphatic carbocycles. The summed E-state index contributed by atoms with van der Waals surface area (Å²) < 4.78 is 5.25. The molecule has 1 amide bonds. The number of benzene rings is 1. The van der Waals surface area contributed by atoms with Crippen LogP contribution in [0.1, 0.15) is 6.42 Å². The fraction of sp³-hybridized carbons (Fsp3) is 0.500. The summed E-state index contributed by atoms with van der Waals surface area (Å²) in [6.45, 7) is 3.90. The Labute approximate surface area is 136 Å². The summed E-state index contributed by atoms with van der Waals surface area (Å²) in [6.07, 6.45) is 0.468. The molecule has 0 bridgehead atoms. The molecule has 0 atom stereocenters. The van der Waals surface area contributed by atoms with Crippen LogP contribution in [0.15, 0.2) is 18.2 Å². The molecular formula is C14H21Cl2N3O2. The second kappa shape index (κ2) is 8.97. The van der Waals surface area contributed by atoms with Crippen LogP contribution in [0.4, 0.5) is 5.69 Å². The molecule has 1 aromatic carbocycles. The van der Waals surface area contributed by atoms with Crippen LogP contribution in [0.3, 0.4) is 0 Å². The highest BCUT2D eigenvalue weighted by atomic mass is 35.5. The Morgan fingerprint density at radius 1 is 1.43 bits per heavy atom. The number of anilines is 1. The third-order valence-corrected chi connectivity index (χ3v) is 3.52. The zero-order chi connectivity index (χ0) is 14.4. The molecule has 1 aliphatic rings. The van der Waals surface area contributed by atoms with Crippen molar-refractivity contribution in [2.24, 2.45) is 0 Å². The number of piperazine rings is 1. The molecule has 21 heavy (non-hydrogen) atoms. The molecule has 118 valence electrons. The molecule has 2 N–H and O–H groups in total. The lowest BCUT2D eigenvalue weighted by Gasteiger charge is -2.27. The van der Waals surface area contributed by atoms with E-state index in [1.807, 2.05) is 11.0 Å². The number of halogens is 2. The van der Waals surface area contributed by atoms with E-state index in [1.165, 1.54) is 0 Å². The number of hydrogen-bond acceptors (Lipinski definition) is 4. The maximum atomic E-state index is 12.0. The SMILES string of the molecule is COc1ccc(Cl)cc1NCCC(=O)N1CCNCC1.Cl. The summed E-state index contributed by atoms with van der Waals surface area (Å²) in [7, 11) is 1.61. The highest BCUT2D eigenvalue weighted by Crippen LogP contribution is 2.27. The molecule has 0 aromatic heterocycles. The van der Waals surface area contributed by atoms with Crippen molar-refractivity contribution in [1.29, 1.82) is 0 Å². The first-order chi connectivity index (χ1) is 9.70. The van der Waals surface area contributed by atoms with E-state index in [4.69, 9.17) is 16.3 Å². The topological polar surface area (TPSA) is 53.6 Å². The first kappa shape index (κ1) is 17.9. The summed E-state index contributed by atoms with van der Waals surface area (Å²) in [5.41, 5.74) is 0.813. The van der Waals surface area contributed by atoms with Gasteiger partial charge >= 0.3 is 0 Å². The van der Waals surface area contributed by atoms with E-state index in [0.717, 1.165) is 37.6 Å². The number of amides is 1. The van der Waals surface area contributed by atoms with E-state index in [-0.39, 0.29) is 18.3 Å². The largest absolute Gasteiger partial charge is 0.495 e. The molecule has 0 spiro atoms. The van der Waals surface area contributed by atoms with E-state index in [2.05, 4.69) is 10.6 Å². The van der Waals surface area contributed by atoms with Gasteiger partial charge in [-0.15, -0.1) is 12.4 Å². The van der Waals surface area contributed by atoms with Gasteiger partial charge in [-0.25, -0.2) is 0 Å². The summed E-state index contributed by atoms with van der Waals surface area (Å²) in [6, 6.07) is 5.38. The molecule has 1 saturated heterocycles. The number of carbonyl (C=O) groups excluding carboxylic acids is 1. The number of rotatable bonds is 5. The van der Waals surface area contributed by atoms with E-state index < -0.39 is 0 Å². The maximum Gasteiger partial charge on any atom is 0.224 e. The van der Waals surface area contributed by atoms with Crippen molar-refractivity contribution in [2.75, 3.05) is 45.2 Å². The summed E-state index contributed by atoms with van der Waals surface area (Å²) in [5.74, 6) is 0.906. The van der Waals surface area contributed by atoms with Crippen LogP contribution in [0, 0.1) is 0 Å². The predicted molar refractivity (Wildman–Crippen MR) is 87.8 cm³/mol. The van der Waals surface area contributed by atoms with Gasteiger partial charge in [-0.1, -0.05) is 11.6 Å². The number of nitrogens with zero attached hydrogens (tertiary/aromatic N) is 1. The van der Waals surface area contributed by atoms with Crippen LogP contribution in [-0.4, -0.2) is 50.6 Å². The van der Waals surface area contributed by atoms with Gasteiger partial charge in [0.25, 0.3) is 0 Å². The Hall–Kier alpha value is -1.17. The summed E-state index contributed by atoms with van der Waals surface area (Å²) in [5, 5.41) is 7.08. The van der Waals surface area contributed by atoms with Gasteiger partial charge in [0.2, 0.25) is 5.91 Å². The normalized spacial score (nSPS) is 14.3. The van der Waals surface area contributed by atoms with Crippen LogP contribution < -0.4 is 15.4 Å². The van der Waals surface area contributed by atoms with Crippen molar-refractivity contribution in [1.82, 2.24) is 10.2 Å². The highest BCUT2D eigenvalue weighted by Gasteiger charge is 2.15. The minimum absolute atomic E-state index is 0. The van der Waals surface area contributed by atoms with Crippen LogP contribution in [0.25, 0.3) is 0 Å². The number of carbonyl (C=O) groups is 1. The van der Waals surface area contributed by atoms with Gasteiger partial charge in [-0.2, -0.15) is 0 Å². The Balaban J connectivity index is 0.00000220. The average molecular weight is 334 g/mol. The maximum absolute atomic E-state index is 12.0. The van der Waals surface area contributed by atoms with Crippen molar-refractivity contribution in [2.45, 2.75) is 6.42 Å². The second-order valence-corrected chi connectivity index (χ2v) is 5.09. The van der Waals surface area contributed by atoms with Crippen LogP contribution in [-0.2, 0) is 4.79 Å². The third kappa shape index (κ3) is 5.26. The number of hydrogen-bond donors (Lipinski definition) is 2. The monoisotopic (exact) mass is 333 g/mol. The zero-order valence-electron chi connectivity index (χ0n) is 12.0. The Morgan fingerprint density at radius 3 is 2.81 bits per heavy atom. The lowest BCUT2D eigenvalue weighted by atomic mass is 10.2. The van der Waals surface area contributed by atoms with Gasteiger partial charge in [0, 0.05) is 44.2 Å². The Bertz CT molecular complexity index is 466. The van der Waals surface area contributed by atoms with E-state index in [9.17, 15) is 4.79 Å². The standard InChI is InChI=1S/C14H20ClN3O2.ClH/c1-20-13-3-2-11(15)10-12(13)17-5-4-14(19)18-8-6-16-7-9-18;/h2-3,10,16-17H,4-9H2,1H3;1H. The fourth-order valence-electron chi connectivity index (χ4n) is 2.19. The first-order valence-electron chi connectivity index (χ1n) is 6.76. The van der Waals surface area contributed by atoms with Crippen molar-refractivity contribution in [3.8, 4) is 5.75 Å². The molecule has 5 nitrogen and oxygen atoms in total. The molecule has 2 rings (SSSR count). The molecule has 1 fully saturated rings. The van der Waals surface area contributed by atoms with Crippen LogP contribution in [0.5, 0.6) is 5.75 Å². The summed E-state index contributed by atoms with van der Waals surface area (Å²) >= 11 is 5.96. The van der Waals surface area contributed by atoms with Crippen LogP contribution >= 0.6 is 24.0 Å². The average Bonchev–Trinajstić information content (AvgIpc) is 2.48. The Morgan fingerprint density at radius 2 is 2.14 bits per heavy atom. The van der Waals surface area contributed by atoms with Crippen molar-refractivity contribution in [3.05, 3.63) is 23.2 Å². The fourth-order valence-corrected chi connectivity index (χ4v) is 2.37. The minimum atomic E-state index is 0. The Kier molecular flexibility index (Phi) is 7.64. The van der Waals surface area contributed by atoms with E-state index >= 15 is 0 Å². The van der Waals surface area contributed by atoms with E-state index in [0.29, 0.717) is 18.0 Å². The van der Waals surface area contributed by atoms with E-state index in [1.54, 1.807) is 19.2 Å². The minimum Gasteiger partial charge on any atom is -0.495 e. The number of ether oxygens (including phenoxy) is 1. The molecule has 0 unspecified atom stereocenters. The number of methoxy groups -OCH3 is 1. The van der Waals surface area contributed by atoms with Gasteiger partial charge in [-0.05, 0) is 18.2 Å². The van der Waals surface area contributed by atoms with Crippen LogP contribution in [0.2, 0.25) is 5.02 Å². The molecule has 1 heterocycles. The molecule has 1 aliphatic heterocycles. The highest BCUT2D eigenvalue weighted by molar-refractivity contribution is 6.30. The number of nitrogens with one attached hydrogen (secondary N) is 2. The summed E-state index contributed by atoms with van der Waals surface area (Å²) in [4.78, 5) is 13.9. The molecule has 0 radical (unpaired) electrons. The second-order valence-electron chi connectivity index (χ2n) is 4.65. The molecular weight excluding hydrogens is 313 g/mol. The van der Waals surface area contributed by atoms with Crippen molar-refractivity contribution < 1.29 is 9.53 Å². The zero-order valence-corrected chi connectivity index (χ0v) is 13.6. The van der Waals surface area contributed by atoms with Gasteiger partial charge in [-0.3, -0.25) is 4.79 Å². The lowest BCUT2D eigenvalue weighted by Crippen LogP contribution is -2.46. The van der Waals surface area contributed by atoms with Crippen molar-refractivity contribution in [3.63, 3.8) is 0 Å². The van der Waals surface area contributed by atoms with Gasteiger partial charge in [0.1, 0.15) is 5.75 Å². The van der Waals surface area contributed by atoms with Gasteiger partial charge in [0.15, 0.2) is 0 Å². The molecule has 7 heteroatoms. The van der Waals surface area contributed by atoms with Crippen molar-refractivity contribution >= 4 is 35.6 Å². The molecule has 0 saturated carbocycles. The molecule has 1 aromatic rings. The van der Waals surface area contributed by atoms with Gasteiger partial charge < -0.3 is 20.3 Å². The lowest BCUT2D eigenvalue weighted by molar-refractivity contribution is -0.131. The first-order valence-corrected chi connectivity index (χ1v) is 7.14. The smallest absolute Gasteiger partial charge is 0.224 e. The predicted octanol–water partition coefficient (Wildman–Crippen LogP) is 2.00. The quantitative estimate of drug-likeness (QED) is 0.865.